The van der Waals surface area contributed by atoms with E-state index in [4.69, 9.17) is 5.11 Å². The van der Waals surface area contributed by atoms with Crippen LogP contribution in [-0.2, 0) is 11.4 Å². The zero-order valence-corrected chi connectivity index (χ0v) is 10.4. The molecule has 0 unspecified atom stereocenters. The third-order valence-electron chi connectivity index (χ3n) is 2.23. The molecule has 0 aromatic heterocycles. The van der Waals surface area contributed by atoms with Gasteiger partial charge in [-0.25, -0.2) is 0 Å². The number of hydrogen-bond acceptors (Lipinski definition) is 3. The van der Waals surface area contributed by atoms with Gasteiger partial charge in [0.05, 0.1) is 6.61 Å². The van der Waals surface area contributed by atoms with Crippen molar-refractivity contribution in [1.82, 2.24) is 0 Å². The second kappa shape index (κ2) is 6.51. The molecule has 0 radical (unpaired) electrons. The zero-order chi connectivity index (χ0) is 12.0. The Labute approximate surface area is 100 Å². The van der Waals surface area contributed by atoms with Gasteiger partial charge in [0, 0.05) is 12.7 Å². The van der Waals surface area contributed by atoms with Crippen molar-refractivity contribution >= 4 is 23.0 Å². The molecular weight excluding hydrogens is 220 g/mol. The number of thioether (sulfide) groups is 1. The Hall–Kier alpha value is -1.06. The maximum absolute atomic E-state index is 10.7. The Morgan fingerprint density at radius 2 is 2.25 bits per heavy atom. The smallest absolute Gasteiger partial charge is 0.186 e. The number of aliphatic hydroxyl groups excluding tert-OH is 1. The summed E-state index contributed by atoms with van der Waals surface area (Å²) in [6.45, 7) is 3.63. The van der Waals surface area contributed by atoms with Gasteiger partial charge in [-0.15, -0.1) is 0 Å². The molecule has 0 atom stereocenters. The lowest BCUT2D eigenvalue weighted by Gasteiger charge is -2.02. The summed E-state index contributed by atoms with van der Waals surface area (Å²) in [6, 6.07) is 5.92. The molecule has 1 N–H and O–H groups in total. The summed E-state index contributed by atoms with van der Waals surface area (Å²) in [7, 11) is 0. The second-order valence-corrected chi connectivity index (χ2v) is 4.75. The van der Waals surface area contributed by atoms with Crippen LogP contribution in [0.1, 0.15) is 23.6 Å². The van der Waals surface area contributed by atoms with Gasteiger partial charge in [0.15, 0.2) is 5.12 Å². The lowest BCUT2D eigenvalue weighted by molar-refractivity contribution is -0.109. The molecule has 16 heavy (non-hydrogen) atoms. The third-order valence-corrected chi connectivity index (χ3v) is 3.00. The minimum atomic E-state index is 0.0794. The number of aliphatic hydroxyl groups is 1. The Balaban J connectivity index is 2.61. The summed E-state index contributed by atoms with van der Waals surface area (Å²) in [6.07, 6.45) is 3.96. The van der Waals surface area contributed by atoms with Gasteiger partial charge in [-0.3, -0.25) is 4.79 Å². The zero-order valence-electron chi connectivity index (χ0n) is 9.56. The fraction of sp³-hybridized carbons (Fsp3) is 0.308. The van der Waals surface area contributed by atoms with Crippen LogP contribution in [0.15, 0.2) is 24.3 Å². The number of hydrogen-bond donors (Lipinski definition) is 1. The molecule has 1 rings (SSSR count). The van der Waals surface area contributed by atoms with Gasteiger partial charge in [-0.2, -0.15) is 0 Å². The van der Waals surface area contributed by atoms with Gasteiger partial charge in [-0.05, 0) is 23.6 Å². The standard InChI is InChI=1S/C13H16O2S/c1-10-8-12(5-6-13(10)9-14)4-3-7-16-11(2)15/h3-6,8,14H,7,9H2,1-2H3. The molecule has 0 aliphatic heterocycles. The molecule has 0 spiro atoms. The van der Waals surface area contributed by atoms with Crippen molar-refractivity contribution in [3.63, 3.8) is 0 Å². The van der Waals surface area contributed by atoms with E-state index in [1.807, 2.05) is 37.3 Å². The maximum Gasteiger partial charge on any atom is 0.186 e. The first-order valence-electron chi connectivity index (χ1n) is 5.13. The quantitative estimate of drug-likeness (QED) is 0.873. The van der Waals surface area contributed by atoms with Crippen LogP contribution in [0, 0.1) is 6.92 Å². The minimum Gasteiger partial charge on any atom is -0.392 e. The average molecular weight is 236 g/mol. The minimum absolute atomic E-state index is 0.0794. The summed E-state index contributed by atoms with van der Waals surface area (Å²) in [5, 5.41) is 9.16. The van der Waals surface area contributed by atoms with Gasteiger partial charge in [0.1, 0.15) is 0 Å². The first-order chi connectivity index (χ1) is 7.63. The van der Waals surface area contributed by atoms with Gasteiger partial charge in [0.2, 0.25) is 0 Å². The lowest BCUT2D eigenvalue weighted by atomic mass is 10.1. The van der Waals surface area contributed by atoms with Crippen LogP contribution in [0.2, 0.25) is 0 Å². The summed E-state index contributed by atoms with van der Waals surface area (Å²) >= 11 is 1.30. The highest BCUT2D eigenvalue weighted by atomic mass is 32.2. The van der Waals surface area contributed by atoms with Crippen molar-refractivity contribution in [2.45, 2.75) is 20.5 Å². The molecule has 0 heterocycles. The maximum atomic E-state index is 10.7. The molecule has 0 bridgehead atoms. The fourth-order valence-corrected chi connectivity index (χ4v) is 1.78. The Kier molecular flexibility index (Phi) is 5.29. The summed E-state index contributed by atoms with van der Waals surface area (Å²) in [4.78, 5) is 10.7. The van der Waals surface area contributed by atoms with Crippen molar-refractivity contribution in [3.8, 4) is 0 Å². The number of aryl methyl sites for hydroxylation is 1. The molecule has 0 saturated carbocycles. The monoisotopic (exact) mass is 236 g/mol. The van der Waals surface area contributed by atoms with E-state index in [0.717, 1.165) is 16.7 Å². The van der Waals surface area contributed by atoms with Crippen molar-refractivity contribution in [2.75, 3.05) is 5.75 Å². The van der Waals surface area contributed by atoms with Crippen LogP contribution in [0.25, 0.3) is 6.08 Å². The Bertz CT molecular complexity index is 397. The summed E-state index contributed by atoms with van der Waals surface area (Å²) in [5.74, 6) is 0.704. The highest BCUT2D eigenvalue weighted by molar-refractivity contribution is 8.13. The van der Waals surface area contributed by atoms with E-state index < -0.39 is 0 Å². The van der Waals surface area contributed by atoms with Crippen molar-refractivity contribution in [3.05, 3.63) is 41.0 Å². The molecule has 1 aromatic carbocycles. The third kappa shape index (κ3) is 4.21. The van der Waals surface area contributed by atoms with E-state index in [1.54, 1.807) is 6.92 Å². The van der Waals surface area contributed by atoms with Crippen LogP contribution in [0.3, 0.4) is 0 Å². The molecular formula is C13H16O2S. The Morgan fingerprint density at radius 3 is 2.81 bits per heavy atom. The second-order valence-electron chi connectivity index (χ2n) is 3.55. The topological polar surface area (TPSA) is 37.3 Å². The highest BCUT2D eigenvalue weighted by Crippen LogP contribution is 2.13. The number of carbonyl (C=O) groups excluding carboxylic acids is 1. The van der Waals surface area contributed by atoms with Gasteiger partial charge < -0.3 is 5.11 Å². The average Bonchev–Trinajstić information content (AvgIpc) is 2.24. The molecule has 0 aliphatic carbocycles. The molecule has 0 aliphatic rings. The molecule has 0 saturated heterocycles. The number of carbonyl (C=O) groups is 1. The first kappa shape index (κ1) is 13.0. The summed E-state index contributed by atoms with van der Waals surface area (Å²) < 4.78 is 0. The Morgan fingerprint density at radius 1 is 1.50 bits per heavy atom. The molecule has 0 fully saturated rings. The SMILES string of the molecule is CC(=O)SCC=Cc1ccc(CO)c(C)c1. The largest absolute Gasteiger partial charge is 0.392 e. The molecule has 0 amide bonds. The molecule has 2 nitrogen and oxygen atoms in total. The van der Waals surface area contributed by atoms with Crippen LogP contribution < -0.4 is 0 Å². The molecule has 1 aromatic rings. The van der Waals surface area contributed by atoms with Crippen LogP contribution in [0.4, 0.5) is 0 Å². The summed E-state index contributed by atoms with van der Waals surface area (Å²) in [5.41, 5.74) is 3.14. The van der Waals surface area contributed by atoms with Gasteiger partial charge in [-0.1, -0.05) is 42.1 Å². The van der Waals surface area contributed by atoms with E-state index in [0.29, 0.717) is 5.75 Å². The van der Waals surface area contributed by atoms with Gasteiger partial charge in [0.25, 0.3) is 0 Å². The van der Waals surface area contributed by atoms with Gasteiger partial charge >= 0.3 is 0 Å². The number of rotatable bonds is 4. The number of benzene rings is 1. The van der Waals surface area contributed by atoms with E-state index in [9.17, 15) is 4.79 Å². The van der Waals surface area contributed by atoms with E-state index >= 15 is 0 Å². The van der Waals surface area contributed by atoms with Crippen LogP contribution in [-0.4, -0.2) is 16.0 Å². The van der Waals surface area contributed by atoms with E-state index in [1.165, 1.54) is 11.8 Å². The predicted octanol–water partition coefficient (Wildman–Crippen LogP) is 2.78. The fourth-order valence-electron chi connectivity index (χ4n) is 1.35. The van der Waals surface area contributed by atoms with E-state index in [-0.39, 0.29) is 11.7 Å². The van der Waals surface area contributed by atoms with Crippen molar-refractivity contribution < 1.29 is 9.90 Å². The molecule has 3 heteroatoms. The van der Waals surface area contributed by atoms with E-state index in [2.05, 4.69) is 0 Å². The van der Waals surface area contributed by atoms with Crippen LogP contribution >= 0.6 is 11.8 Å². The van der Waals surface area contributed by atoms with Crippen molar-refractivity contribution in [2.24, 2.45) is 0 Å². The van der Waals surface area contributed by atoms with Crippen LogP contribution in [0.5, 0.6) is 0 Å². The van der Waals surface area contributed by atoms with Crippen molar-refractivity contribution in [1.29, 1.82) is 0 Å². The highest BCUT2D eigenvalue weighted by Gasteiger charge is 1.96. The molecule has 86 valence electrons. The lowest BCUT2D eigenvalue weighted by Crippen LogP contribution is -1.88. The predicted molar refractivity (Wildman–Crippen MR) is 69.3 cm³/mol. The normalized spacial score (nSPS) is 10.9. The first-order valence-corrected chi connectivity index (χ1v) is 6.12.